The molecule has 0 radical (unpaired) electrons. The van der Waals surface area contributed by atoms with E-state index >= 15 is 0 Å². The van der Waals surface area contributed by atoms with E-state index in [1.54, 1.807) is 19.1 Å². The molecule has 0 fully saturated rings. The van der Waals surface area contributed by atoms with Crippen molar-refractivity contribution in [2.24, 2.45) is 0 Å². The van der Waals surface area contributed by atoms with Crippen molar-refractivity contribution in [3.05, 3.63) is 29.8 Å². The van der Waals surface area contributed by atoms with Gasteiger partial charge in [-0.05, 0) is 24.6 Å². The molecule has 5 nitrogen and oxygen atoms in total. The highest BCUT2D eigenvalue weighted by Crippen LogP contribution is 2.14. The minimum absolute atomic E-state index is 0.129. The molecule has 0 saturated carbocycles. The zero-order chi connectivity index (χ0) is 13.7. The Balaban J connectivity index is 2.89. The van der Waals surface area contributed by atoms with Crippen LogP contribution < -0.4 is 0 Å². The van der Waals surface area contributed by atoms with E-state index in [0.717, 1.165) is 5.56 Å². The quantitative estimate of drug-likeness (QED) is 0.825. The molecule has 0 bridgehead atoms. The summed E-state index contributed by atoms with van der Waals surface area (Å²) >= 11 is 0. The smallest absolute Gasteiger partial charge is 0.326 e. The molecule has 1 amide bonds. The van der Waals surface area contributed by atoms with Crippen LogP contribution >= 0.6 is 0 Å². The molecular weight excluding hydrogens is 234 g/mol. The first-order valence-electron chi connectivity index (χ1n) is 5.73. The van der Waals surface area contributed by atoms with Gasteiger partial charge in [-0.2, -0.15) is 0 Å². The van der Waals surface area contributed by atoms with Crippen molar-refractivity contribution in [1.82, 2.24) is 4.90 Å². The van der Waals surface area contributed by atoms with Gasteiger partial charge in [-0.1, -0.05) is 12.1 Å². The van der Waals surface area contributed by atoms with Crippen molar-refractivity contribution in [2.45, 2.75) is 26.3 Å². The van der Waals surface area contributed by atoms with Crippen LogP contribution in [0.5, 0.6) is 5.75 Å². The summed E-state index contributed by atoms with van der Waals surface area (Å²) < 4.78 is 0. The first-order valence-corrected chi connectivity index (χ1v) is 5.73. The number of aliphatic carboxylic acids is 1. The van der Waals surface area contributed by atoms with Gasteiger partial charge in [-0.25, -0.2) is 4.79 Å². The molecular formula is C13H17NO4. The highest BCUT2D eigenvalue weighted by Gasteiger charge is 2.26. The second kappa shape index (κ2) is 6.05. The first-order chi connectivity index (χ1) is 8.45. The predicted octanol–water partition coefficient (Wildman–Crippen LogP) is 1.26. The maximum Gasteiger partial charge on any atom is 0.326 e. The van der Waals surface area contributed by atoms with E-state index in [1.165, 1.54) is 24.0 Å². The molecule has 1 rings (SSSR count). The lowest BCUT2D eigenvalue weighted by molar-refractivity contribution is -0.149. The van der Waals surface area contributed by atoms with Crippen LogP contribution in [0.25, 0.3) is 0 Å². The monoisotopic (exact) mass is 251 g/mol. The Morgan fingerprint density at radius 1 is 1.28 bits per heavy atom. The number of aromatic hydroxyl groups is 1. The number of carbonyl (C=O) groups excluding carboxylic acids is 1. The maximum absolute atomic E-state index is 11.4. The topological polar surface area (TPSA) is 77.8 Å². The number of phenolic OH excluding ortho intramolecular Hbond substituents is 1. The SMILES string of the molecule is CCN(C(C)=O)[C@@H](Cc1ccc(O)cc1)C(=O)O. The molecule has 0 aliphatic rings. The Labute approximate surface area is 106 Å². The summed E-state index contributed by atoms with van der Waals surface area (Å²) in [5, 5.41) is 18.4. The van der Waals surface area contributed by atoms with Crippen molar-refractivity contribution < 1.29 is 19.8 Å². The molecule has 2 N–H and O–H groups in total. The fourth-order valence-corrected chi connectivity index (χ4v) is 1.85. The molecule has 0 aliphatic carbocycles. The van der Waals surface area contributed by atoms with Gasteiger partial charge in [0.1, 0.15) is 11.8 Å². The molecule has 0 unspecified atom stereocenters. The molecule has 0 aromatic heterocycles. The Morgan fingerprint density at radius 2 is 1.83 bits per heavy atom. The standard InChI is InChI=1S/C13H17NO4/c1-3-14(9(2)15)12(13(17)18)8-10-4-6-11(16)7-5-10/h4-7,12,16H,3,8H2,1-2H3,(H,17,18)/t12-/m0/s1. The molecule has 98 valence electrons. The van der Waals surface area contributed by atoms with Gasteiger partial charge in [0.25, 0.3) is 0 Å². The second-order valence-corrected chi connectivity index (χ2v) is 4.03. The third-order valence-corrected chi connectivity index (χ3v) is 2.77. The van der Waals surface area contributed by atoms with Gasteiger partial charge in [0, 0.05) is 19.9 Å². The number of carboxylic acid groups (broad SMARTS) is 1. The van der Waals surface area contributed by atoms with E-state index in [4.69, 9.17) is 5.11 Å². The van der Waals surface area contributed by atoms with E-state index in [2.05, 4.69) is 0 Å². The third kappa shape index (κ3) is 3.48. The van der Waals surface area contributed by atoms with Gasteiger partial charge < -0.3 is 15.1 Å². The lowest BCUT2D eigenvalue weighted by Gasteiger charge is -2.26. The number of amides is 1. The number of hydrogen-bond acceptors (Lipinski definition) is 3. The highest BCUT2D eigenvalue weighted by atomic mass is 16.4. The maximum atomic E-state index is 11.4. The van der Waals surface area contributed by atoms with Crippen LogP contribution in [0.3, 0.4) is 0 Å². The van der Waals surface area contributed by atoms with Crippen molar-refractivity contribution >= 4 is 11.9 Å². The summed E-state index contributed by atoms with van der Waals surface area (Å²) in [5.41, 5.74) is 0.764. The summed E-state index contributed by atoms with van der Waals surface area (Å²) in [6, 6.07) is 5.42. The summed E-state index contributed by atoms with van der Waals surface area (Å²) in [4.78, 5) is 23.9. The molecule has 1 aromatic rings. The number of benzene rings is 1. The van der Waals surface area contributed by atoms with E-state index in [0.29, 0.717) is 6.54 Å². The van der Waals surface area contributed by atoms with Crippen LogP contribution in [0.1, 0.15) is 19.4 Å². The zero-order valence-corrected chi connectivity index (χ0v) is 10.5. The van der Waals surface area contributed by atoms with E-state index in [9.17, 15) is 14.7 Å². The molecule has 18 heavy (non-hydrogen) atoms. The number of carbonyl (C=O) groups is 2. The molecule has 0 spiro atoms. The van der Waals surface area contributed by atoms with E-state index in [1.807, 2.05) is 0 Å². The van der Waals surface area contributed by atoms with Crippen LogP contribution in [0, 0.1) is 0 Å². The highest BCUT2D eigenvalue weighted by molar-refractivity contribution is 5.82. The van der Waals surface area contributed by atoms with E-state index < -0.39 is 12.0 Å². The molecule has 0 heterocycles. The van der Waals surface area contributed by atoms with Gasteiger partial charge in [0.15, 0.2) is 0 Å². The minimum atomic E-state index is -1.03. The van der Waals surface area contributed by atoms with Gasteiger partial charge in [0.2, 0.25) is 5.91 Å². The van der Waals surface area contributed by atoms with Crippen LogP contribution in [0.4, 0.5) is 0 Å². The third-order valence-electron chi connectivity index (χ3n) is 2.77. The number of phenols is 1. The molecule has 0 saturated heterocycles. The van der Waals surface area contributed by atoms with Crippen LogP contribution in [0.2, 0.25) is 0 Å². The number of likely N-dealkylation sites (N-methyl/N-ethyl adjacent to an activating group) is 1. The average molecular weight is 251 g/mol. The summed E-state index contributed by atoms with van der Waals surface area (Å²) in [6.07, 6.45) is 0.225. The van der Waals surface area contributed by atoms with Crippen molar-refractivity contribution in [2.75, 3.05) is 6.54 Å². The predicted molar refractivity (Wildman–Crippen MR) is 66.3 cm³/mol. The molecule has 1 atom stereocenters. The largest absolute Gasteiger partial charge is 0.508 e. The van der Waals surface area contributed by atoms with Crippen LogP contribution in [0.15, 0.2) is 24.3 Å². The molecule has 1 aromatic carbocycles. The van der Waals surface area contributed by atoms with Crippen LogP contribution in [-0.4, -0.2) is 39.6 Å². The van der Waals surface area contributed by atoms with Crippen LogP contribution in [-0.2, 0) is 16.0 Å². The second-order valence-electron chi connectivity index (χ2n) is 4.03. The Morgan fingerprint density at radius 3 is 2.22 bits per heavy atom. The molecule has 5 heteroatoms. The van der Waals surface area contributed by atoms with E-state index in [-0.39, 0.29) is 18.1 Å². The van der Waals surface area contributed by atoms with Gasteiger partial charge >= 0.3 is 5.97 Å². The number of hydrogen-bond donors (Lipinski definition) is 2. The van der Waals surface area contributed by atoms with Gasteiger partial charge in [-0.15, -0.1) is 0 Å². The Hall–Kier alpha value is -2.04. The fourth-order valence-electron chi connectivity index (χ4n) is 1.85. The number of carboxylic acids is 1. The number of rotatable bonds is 5. The van der Waals surface area contributed by atoms with Crippen molar-refractivity contribution in [3.63, 3.8) is 0 Å². The summed E-state index contributed by atoms with van der Waals surface area (Å²) in [7, 11) is 0. The minimum Gasteiger partial charge on any atom is -0.508 e. The fraction of sp³-hybridized carbons (Fsp3) is 0.385. The summed E-state index contributed by atoms with van der Waals surface area (Å²) in [6.45, 7) is 3.45. The average Bonchev–Trinajstić information content (AvgIpc) is 2.30. The summed E-state index contributed by atoms with van der Waals surface area (Å²) in [5.74, 6) is -1.16. The Kier molecular flexibility index (Phi) is 4.71. The van der Waals surface area contributed by atoms with Crippen molar-refractivity contribution in [3.8, 4) is 5.75 Å². The normalized spacial score (nSPS) is 11.9. The first kappa shape index (κ1) is 14.0. The Bertz CT molecular complexity index is 427. The lowest BCUT2D eigenvalue weighted by atomic mass is 10.0. The lowest BCUT2D eigenvalue weighted by Crippen LogP contribution is -2.45. The van der Waals surface area contributed by atoms with Gasteiger partial charge in [0.05, 0.1) is 0 Å². The van der Waals surface area contributed by atoms with Crippen molar-refractivity contribution in [1.29, 1.82) is 0 Å². The number of nitrogens with zero attached hydrogens (tertiary/aromatic N) is 1. The molecule has 0 aliphatic heterocycles. The van der Waals surface area contributed by atoms with Gasteiger partial charge in [-0.3, -0.25) is 4.79 Å². The zero-order valence-electron chi connectivity index (χ0n) is 10.5.